The van der Waals surface area contributed by atoms with Crippen LogP contribution in [0.3, 0.4) is 0 Å². The molecule has 0 unspecified atom stereocenters. The number of nitrogens with one attached hydrogen (secondary N) is 1. The van der Waals surface area contributed by atoms with Crippen molar-refractivity contribution in [1.29, 1.82) is 0 Å². The van der Waals surface area contributed by atoms with Crippen LogP contribution in [-0.2, 0) is 0 Å². The molecule has 2 rings (SSSR count). The van der Waals surface area contributed by atoms with Gasteiger partial charge < -0.3 is 19.5 Å². The largest absolute Gasteiger partial charge is 0.493 e. The van der Waals surface area contributed by atoms with E-state index >= 15 is 0 Å². The summed E-state index contributed by atoms with van der Waals surface area (Å²) < 4.78 is 16.5. The van der Waals surface area contributed by atoms with E-state index in [4.69, 9.17) is 14.2 Å². The fraction of sp³-hybridized carbons (Fsp3) is 0.529. The van der Waals surface area contributed by atoms with Crippen molar-refractivity contribution in [3.8, 4) is 17.2 Å². The van der Waals surface area contributed by atoms with Crippen molar-refractivity contribution in [1.82, 2.24) is 10.2 Å². The maximum atomic E-state index is 5.65. The number of methoxy groups -OCH3 is 3. The Kier molecular flexibility index (Phi) is 10.9. The van der Waals surface area contributed by atoms with Gasteiger partial charge >= 0.3 is 0 Å². The molecule has 1 saturated heterocycles. The molecule has 1 aromatic rings. The smallest absolute Gasteiger partial charge is 0.203 e. The summed E-state index contributed by atoms with van der Waals surface area (Å²) in [6, 6.07) is 4.24. The van der Waals surface area contributed by atoms with Crippen LogP contribution >= 0.6 is 24.8 Å². The molecule has 0 saturated carbocycles. The fourth-order valence-corrected chi connectivity index (χ4v) is 3.01. The first kappa shape index (κ1) is 22.9. The van der Waals surface area contributed by atoms with E-state index in [-0.39, 0.29) is 30.9 Å². The van der Waals surface area contributed by atoms with Crippen LogP contribution in [0, 0.1) is 0 Å². The van der Waals surface area contributed by atoms with Crippen molar-refractivity contribution in [3.05, 3.63) is 30.4 Å². The average Bonchev–Trinajstić information content (AvgIpc) is 2.59. The number of hydrogen-bond donors (Lipinski definition) is 1. The molecule has 1 atom stereocenters. The van der Waals surface area contributed by atoms with Crippen LogP contribution in [-0.4, -0.2) is 52.4 Å². The molecular weight excluding hydrogens is 351 g/mol. The Hall–Kier alpha value is -1.14. The molecule has 1 N–H and O–H groups in total. The molecule has 5 nitrogen and oxygen atoms in total. The zero-order chi connectivity index (χ0) is 15.9. The van der Waals surface area contributed by atoms with Crippen LogP contribution in [0.15, 0.2) is 24.8 Å². The molecule has 0 radical (unpaired) electrons. The highest BCUT2D eigenvalue weighted by Crippen LogP contribution is 2.44. The first-order valence-electron chi connectivity index (χ1n) is 7.61. The molecule has 138 valence electrons. The molecule has 0 bridgehead atoms. The van der Waals surface area contributed by atoms with E-state index in [2.05, 4.69) is 22.9 Å². The first-order chi connectivity index (χ1) is 10.8. The minimum atomic E-state index is 0. The Morgan fingerprint density at radius 2 is 1.71 bits per heavy atom. The highest BCUT2D eigenvalue weighted by atomic mass is 35.5. The zero-order valence-corrected chi connectivity index (χ0v) is 16.2. The summed E-state index contributed by atoms with van der Waals surface area (Å²) in [6.45, 7) is 7.94. The molecular formula is C17H28Cl2N2O3. The van der Waals surface area contributed by atoms with Gasteiger partial charge in [0.05, 0.1) is 21.3 Å². The number of rotatable bonds is 7. The predicted octanol–water partition coefficient (Wildman–Crippen LogP) is 3.08. The lowest BCUT2D eigenvalue weighted by Gasteiger charge is -2.35. The normalized spacial score (nSPS) is 15.5. The quantitative estimate of drug-likeness (QED) is 0.738. The number of halogens is 2. The number of hydrogen-bond acceptors (Lipinski definition) is 5. The summed E-state index contributed by atoms with van der Waals surface area (Å²) in [7, 11) is 4.94. The van der Waals surface area contributed by atoms with Crippen molar-refractivity contribution < 1.29 is 14.2 Å². The number of piperazine rings is 1. The van der Waals surface area contributed by atoms with E-state index in [1.807, 2.05) is 12.1 Å². The molecule has 1 heterocycles. The summed E-state index contributed by atoms with van der Waals surface area (Å²) >= 11 is 0. The van der Waals surface area contributed by atoms with Crippen molar-refractivity contribution in [2.24, 2.45) is 0 Å². The summed E-state index contributed by atoms with van der Waals surface area (Å²) in [4.78, 5) is 2.46. The maximum absolute atomic E-state index is 5.65. The zero-order valence-electron chi connectivity index (χ0n) is 14.5. The summed E-state index contributed by atoms with van der Waals surface area (Å²) in [5.74, 6) is 2.07. The lowest BCUT2D eigenvalue weighted by atomic mass is 9.99. The molecule has 0 aromatic heterocycles. The van der Waals surface area contributed by atoms with E-state index in [1.54, 1.807) is 21.3 Å². The average molecular weight is 379 g/mol. The molecule has 1 aromatic carbocycles. The summed E-state index contributed by atoms with van der Waals surface area (Å²) in [5.41, 5.74) is 1.11. The van der Waals surface area contributed by atoms with Crippen molar-refractivity contribution >= 4 is 24.8 Å². The molecule has 1 aliphatic rings. The third-order valence-electron chi connectivity index (χ3n) is 4.08. The van der Waals surface area contributed by atoms with Crippen LogP contribution in [0.5, 0.6) is 17.2 Å². The minimum Gasteiger partial charge on any atom is -0.493 e. The van der Waals surface area contributed by atoms with Gasteiger partial charge in [-0.05, 0) is 18.6 Å². The van der Waals surface area contributed by atoms with Crippen LogP contribution < -0.4 is 19.5 Å². The van der Waals surface area contributed by atoms with E-state index in [0.29, 0.717) is 11.5 Å². The van der Waals surface area contributed by atoms with Gasteiger partial charge in [0, 0.05) is 37.8 Å². The van der Waals surface area contributed by atoms with Crippen LogP contribution in [0.4, 0.5) is 0 Å². The lowest BCUT2D eigenvalue weighted by Crippen LogP contribution is -2.45. The fourth-order valence-electron chi connectivity index (χ4n) is 3.01. The van der Waals surface area contributed by atoms with Gasteiger partial charge in [-0.1, -0.05) is 6.08 Å². The van der Waals surface area contributed by atoms with E-state index in [1.165, 1.54) is 0 Å². The molecule has 24 heavy (non-hydrogen) atoms. The standard InChI is InChI=1S/C17H26N2O3.2ClH/c1-5-6-14(19-11-9-18-10-12-19)13-7-8-15(20-2)17(22-4)16(13)21-3;;/h5,7-8,14,18H,1,6,9-12H2,2-4H3;2*1H/t14-;;/m1../s1. The number of ether oxygens (including phenoxy) is 3. The van der Waals surface area contributed by atoms with Gasteiger partial charge in [0.25, 0.3) is 0 Å². The highest BCUT2D eigenvalue weighted by molar-refractivity contribution is 5.85. The van der Waals surface area contributed by atoms with Gasteiger partial charge in [0.1, 0.15) is 0 Å². The Morgan fingerprint density at radius 3 is 2.21 bits per heavy atom. The van der Waals surface area contributed by atoms with Crippen molar-refractivity contribution in [2.75, 3.05) is 47.5 Å². The van der Waals surface area contributed by atoms with Crippen molar-refractivity contribution in [2.45, 2.75) is 12.5 Å². The third-order valence-corrected chi connectivity index (χ3v) is 4.08. The molecule has 0 amide bonds. The van der Waals surface area contributed by atoms with Gasteiger partial charge in [0.15, 0.2) is 11.5 Å². The molecule has 0 aliphatic carbocycles. The molecule has 7 heteroatoms. The Bertz CT molecular complexity index is 509. The van der Waals surface area contributed by atoms with Crippen LogP contribution in [0.1, 0.15) is 18.0 Å². The van der Waals surface area contributed by atoms with Gasteiger partial charge in [-0.3, -0.25) is 4.90 Å². The highest BCUT2D eigenvalue weighted by Gasteiger charge is 2.27. The van der Waals surface area contributed by atoms with E-state index in [9.17, 15) is 0 Å². The lowest BCUT2D eigenvalue weighted by molar-refractivity contribution is 0.170. The van der Waals surface area contributed by atoms with E-state index < -0.39 is 0 Å². The van der Waals surface area contributed by atoms with Crippen molar-refractivity contribution in [3.63, 3.8) is 0 Å². The second-order valence-electron chi connectivity index (χ2n) is 5.25. The summed E-state index contributed by atoms with van der Waals surface area (Å²) in [6.07, 6.45) is 2.83. The van der Waals surface area contributed by atoms with Crippen LogP contribution in [0.25, 0.3) is 0 Å². The summed E-state index contributed by atoms with van der Waals surface area (Å²) in [5, 5.41) is 3.39. The van der Waals surface area contributed by atoms with Gasteiger partial charge in [0.2, 0.25) is 5.75 Å². The predicted molar refractivity (Wildman–Crippen MR) is 103 cm³/mol. The van der Waals surface area contributed by atoms with Crippen LogP contribution in [0.2, 0.25) is 0 Å². The second kappa shape index (κ2) is 11.4. The minimum absolute atomic E-state index is 0. The molecule has 1 aliphatic heterocycles. The van der Waals surface area contributed by atoms with E-state index in [0.717, 1.165) is 43.9 Å². The first-order valence-corrected chi connectivity index (χ1v) is 7.61. The number of benzene rings is 1. The monoisotopic (exact) mass is 378 g/mol. The Balaban J connectivity index is 0.00000264. The second-order valence-corrected chi connectivity index (χ2v) is 5.25. The number of nitrogens with zero attached hydrogens (tertiary/aromatic N) is 1. The van der Waals surface area contributed by atoms with Gasteiger partial charge in [-0.25, -0.2) is 0 Å². The van der Waals surface area contributed by atoms with Gasteiger partial charge in [-0.2, -0.15) is 0 Å². The molecule has 0 spiro atoms. The SMILES string of the molecule is C=CC[C@H](c1ccc(OC)c(OC)c1OC)N1CCNCC1.Cl.Cl. The maximum Gasteiger partial charge on any atom is 0.203 e. The Morgan fingerprint density at radius 1 is 1.08 bits per heavy atom. The topological polar surface area (TPSA) is 43.0 Å². The third kappa shape index (κ3) is 4.93. The Labute approximate surface area is 157 Å². The van der Waals surface area contributed by atoms with Gasteiger partial charge in [-0.15, -0.1) is 31.4 Å². The molecule has 1 fully saturated rings.